The summed E-state index contributed by atoms with van der Waals surface area (Å²) >= 11 is 3.06. The highest BCUT2D eigenvalue weighted by Gasteiger charge is 2.22. The van der Waals surface area contributed by atoms with Gasteiger partial charge in [-0.25, -0.2) is 4.57 Å². The lowest BCUT2D eigenvalue weighted by Crippen LogP contribution is -2.23. The standard InChI is InChI=1S/C21H42BrO7P/c1-2-3-4-5-6-7-8-9-10-11-12-13-14-15-21(24)27-18-20(23)19-29-30(25,26)28-17-16-22/h20,23H,2-19H2,1H3,(H,25,26)/t20-/m1/s1. The van der Waals surface area contributed by atoms with E-state index >= 15 is 0 Å². The number of alkyl halides is 1. The number of unbranched alkanes of at least 4 members (excludes halogenated alkanes) is 12. The number of carbonyl (C=O) groups is 1. The van der Waals surface area contributed by atoms with Crippen molar-refractivity contribution in [2.45, 2.75) is 103 Å². The molecule has 30 heavy (non-hydrogen) atoms. The average molecular weight is 517 g/mol. The van der Waals surface area contributed by atoms with Gasteiger partial charge in [0.2, 0.25) is 0 Å². The molecule has 2 atom stereocenters. The van der Waals surface area contributed by atoms with Gasteiger partial charge in [0.05, 0.1) is 13.2 Å². The summed E-state index contributed by atoms with van der Waals surface area (Å²) in [5, 5.41) is 10.1. The Kier molecular flexibility index (Phi) is 20.9. The summed E-state index contributed by atoms with van der Waals surface area (Å²) in [6, 6.07) is 0. The van der Waals surface area contributed by atoms with Crippen LogP contribution in [0.2, 0.25) is 0 Å². The lowest BCUT2D eigenvalue weighted by atomic mass is 10.0. The summed E-state index contributed by atoms with van der Waals surface area (Å²) in [4.78, 5) is 21.0. The molecule has 0 amide bonds. The van der Waals surface area contributed by atoms with Crippen LogP contribution >= 0.6 is 23.8 Å². The topological polar surface area (TPSA) is 102 Å². The van der Waals surface area contributed by atoms with Gasteiger partial charge in [0, 0.05) is 11.8 Å². The summed E-state index contributed by atoms with van der Waals surface area (Å²) in [6.45, 7) is 1.54. The van der Waals surface area contributed by atoms with Crippen molar-refractivity contribution < 1.29 is 33.1 Å². The number of hydrogen-bond donors (Lipinski definition) is 2. The van der Waals surface area contributed by atoms with E-state index in [1.54, 1.807) is 0 Å². The third-order valence-electron chi connectivity index (χ3n) is 4.68. The van der Waals surface area contributed by atoms with E-state index < -0.39 is 20.5 Å². The fraction of sp³-hybridized carbons (Fsp3) is 0.952. The molecule has 0 aliphatic carbocycles. The first kappa shape index (κ1) is 30.0. The van der Waals surface area contributed by atoms with Crippen molar-refractivity contribution in [2.24, 2.45) is 0 Å². The van der Waals surface area contributed by atoms with Crippen LogP contribution in [0.4, 0.5) is 0 Å². The van der Waals surface area contributed by atoms with Gasteiger partial charge in [0.15, 0.2) is 0 Å². The summed E-state index contributed by atoms with van der Waals surface area (Å²) in [6.07, 6.45) is 15.3. The zero-order chi connectivity index (χ0) is 22.5. The highest BCUT2D eigenvalue weighted by molar-refractivity contribution is 9.09. The van der Waals surface area contributed by atoms with Crippen LogP contribution in [0, 0.1) is 0 Å². The first-order valence-corrected chi connectivity index (χ1v) is 14.0. The van der Waals surface area contributed by atoms with E-state index in [-0.39, 0.29) is 19.2 Å². The smallest absolute Gasteiger partial charge is 0.463 e. The number of halogens is 1. The molecule has 180 valence electrons. The number of phosphoric acid groups is 1. The molecule has 0 aliphatic heterocycles. The molecule has 7 nitrogen and oxygen atoms in total. The molecule has 1 unspecified atom stereocenters. The van der Waals surface area contributed by atoms with E-state index in [0.29, 0.717) is 11.8 Å². The summed E-state index contributed by atoms with van der Waals surface area (Å²) < 4.78 is 25.6. The van der Waals surface area contributed by atoms with Crippen LogP contribution < -0.4 is 0 Å². The highest BCUT2D eigenvalue weighted by atomic mass is 79.9. The Morgan fingerprint density at radius 2 is 1.37 bits per heavy atom. The minimum absolute atomic E-state index is 0.0119. The van der Waals surface area contributed by atoms with Crippen molar-refractivity contribution in [1.29, 1.82) is 0 Å². The Labute approximate surface area is 191 Å². The number of ether oxygens (including phenoxy) is 1. The molecule has 0 saturated heterocycles. The second-order valence-corrected chi connectivity index (χ2v) is 9.86. The Hall–Kier alpha value is 0.0200. The van der Waals surface area contributed by atoms with Crippen molar-refractivity contribution in [3.63, 3.8) is 0 Å². The number of aliphatic hydroxyl groups is 1. The molecule has 0 aromatic rings. The quantitative estimate of drug-likeness (QED) is 0.0798. The first-order valence-electron chi connectivity index (χ1n) is 11.4. The molecule has 0 saturated carbocycles. The Morgan fingerprint density at radius 1 is 0.867 bits per heavy atom. The van der Waals surface area contributed by atoms with Crippen molar-refractivity contribution >= 4 is 29.7 Å². The van der Waals surface area contributed by atoms with Gasteiger partial charge in [-0.2, -0.15) is 0 Å². The number of esters is 1. The molecule has 9 heteroatoms. The lowest BCUT2D eigenvalue weighted by molar-refractivity contribution is -0.147. The van der Waals surface area contributed by atoms with E-state index in [0.717, 1.165) is 19.3 Å². The second-order valence-electron chi connectivity index (χ2n) is 7.62. The van der Waals surface area contributed by atoms with E-state index in [1.807, 2.05) is 0 Å². The van der Waals surface area contributed by atoms with Crippen molar-refractivity contribution in [2.75, 3.05) is 25.2 Å². The van der Waals surface area contributed by atoms with E-state index in [2.05, 4.69) is 31.9 Å². The predicted octanol–water partition coefficient (Wildman–Crippen LogP) is 5.90. The molecule has 0 aromatic carbocycles. The normalized spacial score (nSPS) is 14.4. The molecule has 2 N–H and O–H groups in total. The third kappa shape index (κ3) is 21.3. The maximum Gasteiger partial charge on any atom is 0.472 e. The number of aliphatic hydroxyl groups excluding tert-OH is 1. The van der Waals surface area contributed by atoms with Crippen LogP contribution in [0.15, 0.2) is 0 Å². The second kappa shape index (κ2) is 20.9. The molecular formula is C21H42BrO7P. The zero-order valence-corrected chi connectivity index (χ0v) is 21.0. The van der Waals surface area contributed by atoms with E-state index in [4.69, 9.17) is 4.74 Å². The predicted molar refractivity (Wildman–Crippen MR) is 123 cm³/mol. The Morgan fingerprint density at radius 3 is 1.87 bits per heavy atom. The van der Waals surface area contributed by atoms with Gasteiger partial charge in [-0.1, -0.05) is 99.9 Å². The van der Waals surface area contributed by atoms with Crippen LogP contribution in [0.1, 0.15) is 96.8 Å². The van der Waals surface area contributed by atoms with Gasteiger partial charge in [0.1, 0.15) is 12.7 Å². The first-order chi connectivity index (χ1) is 14.4. The molecule has 0 spiro atoms. The zero-order valence-electron chi connectivity index (χ0n) is 18.6. The molecular weight excluding hydrogens is 475 g/mol. The monoisotopic (exact) mass is 516 g/mol. The van der Waals surface area contributed by atoms with Gasteiger partial charge >= 0.3 is 13.8 Å². The van der Waals surface area contributed by atoms with Crippen LogP contribution in [-0.2, 0) is 23.1 Å². The summed E-state index contributed by atoms with van der Waals surface area (Å²) in [5.74, 6) is -0.375. The van der Waals surface area contributed by atoms with Crippen LogP contribution in [0.3, 0.4) is 0 Å². The van der Waals surface area contributed by atoms with E-state index in [1.165, 1.54) is 64.2 Å². The molecule has 0 radical (unpaired) electrons. The van der Waals surface area contributed by atoms with E-state index in [9.17, 15) is 19.4 Å². The minimum atomic E-state index is -4.18. The van der Waals surface area contributed by atoms with Crippen molar-refractivity contribution in [3.05, 3.63) is 0 Å². The van der Waals surface area contributed by atoms with Gasteiger partial charge in [-0.15, -0.1) is 0 Å². The van der Waals surface area contributed by atoms with Crippen molar-refractivity contribution in [3.8, 4) is 0 Å². The Balaban J connectivity index is 3.46. The lowest BCUT2D eigenvalue weighted by Gasteiger charge is -2.15. The van der Waals surface area contributed by atoms with Crippen LogP contribution in [-0.4, -0.2) is 47.2 Å². The number of hydrogen-bond acceptors (Lipinski definition) is 6. The Bertz CT molecular complexity index is 451. The number of phosphoric ester groups is 1. The van der Waals surface area contributed by atoms with Gasteiger partial charge < -0.3 is 14.7 Å². The van der Waals surface area contributed by atoms with Crippen LogP contribution in [0.25, 0.3) is 0 Å². The summed E-state index contributed by atoms with van der Waals surface area (Å²) in [7, 11) is -4.18. The van der Waals surface area contributed by atoms with Gasteiger partial charge in [-0.3, -0.25) is 13.8 Å². The summed E-state index contributed by atoms with van der Waals surface area (Å²) in [5.41, 5.74) is 0. The molecule has 0 aliphatic rings. The van der Waals surface area contributed by atoms with Crippen molar-refractivity contribution in [1.82, 2.24) is 0 Å². The molecule has 0 rings (SSSR count). The van der Waals surface area contributed by atoms with Gasteiger partial charge in [0.25, 0.3) is 0 Å². The number of carbonyl (C=O) groups excluding carboxylic acids is 1. The minimum Gasteiger partial charge on any atom is -0.463 e. The third-order valence-corrected chi connectivity index (χ3v) is 5.99. The fourth-order valence-electron chi connectivity index (χ4n) is 2.96. The molecule has 0 fully saturated rings. The number of rotatable bonds is 22. The molecule has 0 bridgehead atoms. The largest absolute Gasteiger partial charge is 0.472 e. The van der Waals surface area contributed by atoms with Gasteiger partial charge in [-0.05, 0) is 6.42 Å². The highest BCUT2D eigenvalue weighted by Crippen LogP contribution is 2.43. The van der Waals surface area contributed by atoms with Crippen LogP contribution in [0.5, 0.6) is 0 Å². The maximum atomic E-state index is 11.7. The maximum absolute atomic E-state index is 11.7. The average Bonchev–Trinajstić information content (AvgIpc) is 2.72. The fourth-order valence-corrected chi connectivity index (χ4v) is 4.13. The molecule has 0 aromatic heterocycles. The SMILES string of the molecule is CCCCCCCCCCCCCCCC(=O)OC[C@@H](O)COP(=O)(O)OCCBr. The molecule has 0 heterocycles.